The highest BCUT2D eigenvalue weighted by atomic mass is 16.6. The number of ether oxygens (including phenoxy) is 1. The molecule has 1 heterocycles. The Morgan fingerprint density at radius 2 is 2.05 bits per heavy atom. The third kappa shape index (κ3) is 3.72. The number of nitro groups is 1. The Kier molecular flexibility index (Phi) is 4.39. The minimum atomic E-state index is -0.443. The number of nitro benzene ring substituents is 1. The molecule has 2 rings (SSSR count). The number of aromatic nitrogens is 2. The highest BCUT2D eigenvalue weighted by Gasteiger charge is 2.05. The summed E-state index contributed by atoms with van der Waals surface area (Å²) in [5.74, 6) is 0.916. The molecule has 0 aliphatic heterocycles. The molecule has 1 aromatic carbocycles. The van der Waals surface area contributed by atoms with Gasteiger partial charge in [0.15, 0.2) is 5.82 Å². The van der Waals surface area contributed by atoms with E-state index in [4.69, 9.17) is 4.74 Å². The number of hydrogen-bond acceptors (Lipinski definition) is 7. The van der Waals surface area contributed by atoms with E-state index >= 15 is 0 Å². The molecule has 21 heavy (non-hydrogen) atoms. The van der Waals surface area contributed by atoms with Crippen molar-refractivity contribution >= 4 is 17.2 Å². The Morgan fingerprint density at radius 3 is 2.67 bits per heavy atom. The van der Waals surface area contributed by atoms with Gasteiger partial charge in [-0.2, -0.15) is 5.10 Å². The maximum absolute atomic E-state index is 10.6. The van der Waals surface area contributed by atoms with Gasteiger partial charge in [-0.25, -0.2) is 9.97 Å². The molecule has 1 aromatic heterocycles. The van der Waals surface area contributed by atoms with E-state index in [1.807, 2.05) is 0 Å². The fraction of sp³-hybridized carbons (Fsp3) is 0.154. The van der Waals surface area contributed by atoms with Crippen molar-refractivity contribution in [2.45, 2.75) is 6.92 Å². The van der Waals surface area contributed by atoms with Crippen LogP contribution < -0.4 is 10.2 Å². The Balaban J connectivity index is 2.11. The molecule has 8 nitrogen and oxygen atoms in total. The lowest BCUT2D eigenvalue weighted by molar-refractivity contribution is -0.384. The maximum atomic E-state index is 10.6. The molecule has 0 fully saturated rings. The van der Waals surface area contributed by atoms with Crippen LogP contribution in [0.1, 0.15) is 12.5 Å². The van der Waals surface area contributed by atoms with Crippen LogP contribution in [0.4, 0.5) is 11.5 Å². The van der Waals surface area contributed by atoms with E-state index in [0.717, 1.165) is 5.56 Å². The number of nitrogens with zero attached hydrogens (tertiary/aromatic N) is 4. The number of rotatable bonds is 5. The summed E-state index contributed by atoms with van der Waals surface area (Å²) in [5.41, 5.74) is 4.26. The summed E-state index contributed by atoms with van der Waals surface area (Å²) in [6, 6.07) is 7.75. The summed E-state index contributed by atoms with van der Waals surface area (Å²) >= 11 is 0. The fourth-order valence-corrected chi connectivity index (χ4v) is 1.54. The van der Waals surface area contributed by atoms with Crippen molar-refractivity contribution in [1.82, 2.24) is 9.97 Å². The minimum Gasteiger partial charge on any atom is -0.481 e. The van der Waals surface area contributed by atoms with Gasteiger partial charge in [0.05, 0.1) is 17.7 Å². The van der Waals surface area contributed by atoms with Gasteiger partial charge in [-0.05, 0) is 24.6 Å². The Labute approximate surface area is 120 Å². The Morgan fingerprint density at radius 1 is 1.33 bits per heavy atom. The van der Waals surface area contributed by atoms with Gasteiger partial charge in [-0.1, -0.05) is 0 Å². The monoisotopic (exact) mass is 287 g/mol. The van der Waals surface area contributed by atoms with Crippen LogP contribution in [0.25, 0.3) is 0 Å². The number of methoxy groups -OCH3 is 1. The molecule has 0 aliphatic carbocycles. The molecule has 0 bridgehead atoms. The molecular formula is C13H13N5O3. The van der Waals surface area contributed by atoms with E-state index in [9.17, 15) is 10.1 Å². The van der Waals surface area contributed by atoms with Crippen LogP contribution in [0.2, 0.25) is 0 Å². The fourth-order valence-electron chi connectivity index (χ4n) is 1.54. The predicted molar refractivity (Wildman–Crippen MR) is 77.5 cm³/mol. The van der Waals surface area contributed by atoms with Crippen molar-refractivity contribution in [2.24, 2.45) is 5.10 Å². The third-order valence-electron chi connectivity index (χ3n) is 2.69. The number of benzene rings is 1. The molecule has 2 aromatic rings. The molecule has 0 atom stereocenters. The quantitative estimate of drug-likeness (QED) is 0.514. The lowest BCUT2D eigenvalue weighted by Crippen LogP contribution is -2.01. The van der Waals surface area contributed by atoms with Gasteiger partial charge in [0, 0.05) is 18.2 Å². The standard InChI is InChI=1S/C13H13N5O3/c1-9(10-3-5-11(6-4-10)18(19)20)16-17-12-7-13(21-2)15-8-14-12/h3-8H,1-2H3,(H,14,15,17)/b16-9+. The number of nitrogens with one attached hydrogen (secondary N) is 1. The van der Waals surface area contributed by atoms with Crippen LogP contribution in [0.3, 0.4) is 0 Å². The van der Waals surface area contributed by atoms with E-state index in [1.54, 1.807) is 25.1 Å². The van der Waals surface area contributed by atoms with Crippen LogP contribution in [0.15, 0.2) is 41.8 Å². The van der Waals surface area contributed by atoms with Gasteiger partial charge in [-0.3, -0.25) is 15.5 Å². The summed E-state index contributed by atoms with van der Waals surface area (Å²) in [4.78, 5) is 18.0. The minimum absolute atomic E-state index is 0.0417. The number of hydrazone groups is 1. The predicted octanol–water partition coefficient (Wildman–Crippen LogP) is 2.23. The number of hydrogen-bond donors (Lipinski definition) is 1. The maximum Gasteiger partial charge on any atom is 0.269 e. The van der Waals surface area contributed by atoms with Gasteiger partial charge in [-0.15, -0.1) is 0 Å². The van der Waals surface area contributed by atoms with Crippen LogP contribution in [-0.2, 0) is 0 Å². The number of non-ortho nitro benzene ring substituents is 1. The van der Waals surface area contributed by atoms with Gasteiger partial charge < -0.3 is 4.74 Å². The lowest BCUT2D eigenvalue weighted by Gasteiger charge is -2.04. The second-order valence-corrected chi connectivity index (χ2v) is 4.06. The van der Waals surface area contributed by atoms with Crippen LogP contribution >= 0.6 is 0 Å². The average molecular weight is 287 g/mol. The van der Waals surface area contributed by atoms with E-state index in [2.05, 4.69) is 20.5 Å². The van der Waals surface area contributed by atoms with Crippen molar-refractivity contribution < 1.29 is 9.66 Å². The molecule has 0 unspecified atom stereocenters. The first-order chi connectivity index (χ1) is 10.1. The van der Waals surface area contributed by atoms with Gasteiger partial charge in [0.2, 0.25) is 5.88 Å². The van der Waals surface area contributed by atoms with Gasteiger partial charge >= 0.3 is 0 Å². The smallest absolute Gasteiger partial charge is 0.269 e. The second kappa shape index (κ2) is 6.42. The normalized spacial score (nSPS) is 11.0. The first kappa shape index (κ1) is 14.4. The average Bonchev–Trinajstić information content (AvgIpc) is 2.53. The first-order valence-electron chi connectivity index (χ1n) is 6.01. The van der Waals surface area contributed by atoms with Crippen molar-refractivity contribution in [3.63, 3.8) is 0 Å². The summed E-state index contributed by atoms with van der Waals surface area (Å²) in [6.45, 7) is 1.78. The van der Waals surface area contributed by atoms with Crippen LogP contribution in [-0.4, -0.2) is 27.7 Å². The van der Waals surface area contributed by atoms with Gasteiger partial charge in [0.25, 0.3) is 5.69 Å². The summed E-state index contributed by atoms with van der Waals surface area (Å²) < 4.78 is 4.98. The largest absolute Gasteiger partial charge is 0.481 e. The third-order valence-corrected chi connectivity index (χ3v) is 2.69. The van der Waals surface area contributed by atoms with E-state index in [0.29, 0.717) is 17.4 Å². The highest BCUT2D eigenvalue weighted by Crippen LogP contribution is 2.13. The lowest BCUT2D eigenvalue weighted by atomic mass is 10.1. The second-order valence-electron chi connectivity index (χ2n) is 4.06. The zero-order valence-corrected chi connectivity index (χ0v) is 11.5. The molecule has 0 aliphatic rings. The van der Waals surface area contributed by atoms with E-state index in [1.165, 1.54) is 25.6 Å². The SMILES string of the molecule is COc1cc(N/N=C(\C)c2ccc([N+](=O)[O-])cc2)ncn1. The summed E-state index contributed by atoms with van der Waals surface area (Å²) in [6.07, 6.45) is 1.36. The molecule has 0 saturated carbocycles. The molecule has 0 radical (unpaired) electrons. The summed E-state index contributed by atoms with van der Waals surface area (Å²) in [5, 5.41) is 14.8. The van der Waals surface area contributed by atoms with Crippen LogP contribution in [0.5, 0.6) is 5.88 Å². The molecule has 108 valence electrons. The Hall–Kier alpha value is -3.03. The Bertz CT molecular complexity index is 670. The summed E-state index contributed by atoms with van der Waals surface area (Å²) in [7, 11) is 1.51. The van der Waals surface area contributed by atoms with Crippen molar-refractivity contribution in [1.29, 1.82) is 0 Å². The first-order valence-corrected chi connectivity index (χ1v) is 6.01. The van der Waals surface area contributed by atoms with Crippen molar-refractivity contribution in [2.75, 3.05) is 12.5 Å². The molecule has 0 spiro atoms. The van der Waals surface area contributed by atoms with E-state index in [-0.39, 0.29) is 5.69 Å². The zero-order chi connectivity index (χ0) is 15.2. The van der Waals surface area contributed by atoms with Crippen molar-refractivity contribution in [3.8, 4) is 5.88 Å². The van der Waals surface area contributed by atoms with Gasteiger partial charge in [0.1, 0.15) is 6.33 Å². The molecule has 0 saturated heterocycles. The zero-order valence-electron chi connectivity index (χ0n) is 11.5. The van der Waals surface area contributed by atoms with Crippen molar-refractivity contribution in [3.05, 3.63) is 52.3 Å². The molecule has 0 amide bonds. The molecular weight excluding hydrogens is 274 g/mol. The van der Waals surface area contributed by atoms with Crippen LogP contribution in [0, 0.1) is 10.1 Å². The molecule has 1 N–H and O–H groups in total. The topological polar surface area (TPSA) is 103 Å². The molecule has 8 heteroatoms. The van der Waals surface area contributed by atoms with E-state index < -0.39 is 4.92 Å². The highest BCUT2D eigenvalue weighted by molar-refractivity contribution is 5.99. The number of anilines is 1.